The molecule has 1 aliphatic rings. The SMILES string of the molecule is CCc1ccc(-c2noc(CN3CC(C)OC(C)C3)n2)cc1. The molecule has 5 nitrogen and oxygen atoms in total. The second kappa shape index (κ2) is 6.58. The maximum absolute atomic E-state index is 5.74. The molecule has 1 fully saturated rings. The molecule has 2 heterocycles. The molecule has 1 aliphatic heterocycles. The minimum Gasteiger partial charge on any atom is -0.373 e. The van der Waals surface area contributed by atoms with Crippen molar-refractivity contribution >= 4 is 0 Å². The van der Waals surface area contributed by atoms with E-state index >= 15 is 0 Å². The van der Waals surface area contributed by atoms with Crippen LogP contribution >= 0.6 is 0 Å². The lowest BCUT2D eigenvalue weighted by Crippen LogP contribution is -2.44. The fourth-order valence-electron chi connectivity index (χ4n) is 2.93. The molecule has 0 aliphatic carbocycles. The highest BCUT2D eigenvalue weighted by molar-refractivity contribution is 5.54. The van der Waals surface area contributed by atoms with Crippen molar-refractivity contribution in [3.63, 3.8) is 0 Å². The van der Waals surface area contributed by atoms with Crippen molar-refractivity contribution < 1.29 is 9.26 Å². The van der Waals surface area contributed by atoms with Gasteiger partial charge in [0.15, 0.2) is 0 Å². The average Bonchev–Trinajstić information content (AvgIpc) is 2.95. The minimum atomic E-state index is 0.243. The zero-order valence-corrected chi connectivity index (χ0v) is 13.5. The zero-order chi connectivity index (χ0) is 15.5. The summed E-state index contributed by atoms with van der Waals surface area (Å²) in [7, 11) is 0. The summed E-state index contributed by atoms with van der Waals surface area (Å²) in [6.07, 6.45) is 1.52. The topological polar surface area (TPSA) is 51.4 Å². The molecular weight excluding hydrogens is 278 g/mol. The maximum Gasteiger partial charge on any atom is 0.241 e. The van der Waals surface area contributed by atoms with Gasteiger partial charge in [0.05, 0.1) is 18.8 Å². The van der Waals surface area contributed by atoms with E-state index in [1.165, 1.54) is 5.56 Å². The van der Waals surface area contributed by atoms with E-state index in [9.17, 15) is 0 Å². The molecule has 1 aromatic carbocycles. The van der Waals surface area contributed by atoms with E-state index in [1.807, 2.05) is 12.1 Å². The molecule has 0 bridgehead atoms. The van der Waals surface area contributed by atoms with Crippen molar-refractivity contribution in [3.8, 4) is 11.4 Å². The Morgan fingerprint density at radius 3 is 2.45 bits per heavy atom. The molecule has 0 N–H and O–H groups in total. The molecule has 5 heteroatoms. The Kier molecular flexibility index (Phi) is 4.55. The van der Waals surface area contributed by atoms with E-state index in [-0.39, 0.29) is 12.2 Å². The normalized spacial score (nSPS) is 22.9. The highest BCUT2D eigenvalue weighted by atomic mass is 16.5. The van der Waals surface area contributed by atoms with Gasteiger partial charge >= 0.3 is 0 Å². The van der Waals surface area contributed by atoms with Crippen molar-refractivity contribution in [2.75, 3.05) is 13.1 Å². The largest absolute Gasteiger partial charge is 0.373 e. The van der Waals surface area contributed by atoms with Gasteiger partial charge < -0.3 is 9.26 Å². The number of aromatic nitrogens is 2. The standard InChI is InChI=1S/C17H23N3O2/c1-4-14-5-7-15(8-6-14)17-18-16(22-19-17)11-20-9-12(2)21-13(3)10-20/h5-8,12-13H,4,9-11H2,1-3H3. The second-order valence-electron chi connectivity index (χ2n) is 6.01. The molecular formula is C17H23N3O2. The van der Waals surface area contributed by atoms with E-state index in [0.717, 1.165) is 25.1 Å². The summed E-state index contributed by atoms with van der Waals surface area (Å²) < 4.78 is 11.1. The van der Waals surface area contributed by atoms with Gasteiger partial charge in [-0.1, -0.05) is 36.3 Å². The number of benzene rings is 1. The third-order valence-corrected chi connectivity index (χ3v) is 3.94. The van der Waals surface area contributed by atoms with E-state index in [2.05, 4.69) is 47.9 Å². The summed E-state index contributed by atoms with van der Waals surface area (Å²) in [5.41, 5.74) is 2.31. The summed E-state index contributed by atoms with van der Waals surface area (Å²) in [6.45, 7) is 8.80. The van der Waals surface area contributed by atoms with Crippen molar-refractivity contribution in [1.82, 2.24) is 15.0 Å². The van der Waals surface area contributed by atoms with Crippen LogP contribution in [0.5, 0.6) is 0 Å². The molecule has 1 saturated heterocycles. The van der Waals surface area contributed by atoms with Crippen LogP contribution in [-0.2, 0) is 17.7 Å². The summed E-state index contributed by atoms with van der Waals surface area (Å²) in [5, 5.41) is 4.10. The Hall–Kier alpha value is -1.72. The summed E-state index contributed by atoms with van der Waals surface area (Å²) in [4.78, 5) is 6.82. The highest BCUT2D eigenvalue weighted by Crippen LogP contribution is 2.18. The first-order valence-corrected chi connectivity index (χ1v) is 7.93. The quantitative estimate of drug-likeness (QED) is 0.869. The number of hydrogen-bond acceptors (Lipinski definition) is 5. The lowest BCUT2D eigenvalue weighted by atomic mass is 10.1. The van der Waals surface area contributed by atoms with Crippen LogP contribution in [0.15, 0.2) is 28.8 Å². The third-order valence-electron chi connectivity index (χ3n) is 3.94. The van der Waals surface area contributed by atoms with Crippen molar-refractivity contribution in [1.29, 1.82) is 0 Å². The lowest BCUT2D eigenvalue weighted by molar-refractivity contribution is -0.0725. The molecule has 0 radical (unpaired) electrons. The summed E-state index contributed by atoms with van der Waals surface area (Å²) in [5.74, 6) is 1.32. The Labute approximate surface area is 131 Å². The molecule has 2 unspecified atom stereocenters. The van der Waals surface area contributed by atoms with Crippen LogP contribution in [0.3, 0.4) is 0 Å². The Bertz CT molecular complexity index is 599. The molecule has 2 atom stereocenters. The first-order valence-electron chi connectivity index (χ1n) is 7.93. The van der Waals surface area contributed by atoms with E-state index in [4.69, 9.17) is 9.26 Å². The monoisotopic (exact) mass is 301 g/mol. The number of aryl methyl sites for hydroxylation is 1. The van der Waals surface area contributed by atoms with E-state index in [1.54, 1.807) is 0 Å². The predicted molar refractivity (Wildman–Crippen MR) is 84.4 cm³/mol. The molecule has 22 heavy (non-hydrogen) atoms. The first-order chi connectivity index (χ1) is 10.6. The van der Waals surface area contributed by atoms with Crippen LogP contribution in [0.25, 0.3) is 11.4 Å². The number of nitrogens with zero attached hydrogens (tertiary/aromatic N) is 3. The fourth-order valence-corrected chi connectivity index (χ4v) is 2.93. The van der Waals surface area contributed by atoms with Gasteiger partial charge in [-0.05, 0) is 25.8 Å². The maximum atomic E-state index is 5.74. The van der Waals surface area contributed by atoms with Crippen molar-refractivity contribution in [3.05, 3.63) is 35.7 Å². The van der Waals surface area contributed by atoms with Crippen LogP contribution < -0.4 is 0 Å². The van der Waals surface area contributed by atoms with Gasteiger partial charge in [0, 0.05) is 18.7 Å². The predicted octanol–water partition coefficient (Wildman–Crippen LogP) is 2.91. The van der Waals surface area contributed by atoms with Crippen LogP contribution in [0.4, 0.5) is 0 Å². The molecule has 3 rings (SSSR count). The lowest BCUT2D eigenvalue weighted by Gasteiger charge is -2.34. The minimum absolute atomic E-state index is 0.243. The second-order valence-corrected chi connectivity index (χ2v) is 6.01. The average molecular weight is 301 g/mol. The van der Waals surface area contributed by atoms with Gasteiger partial charge in [0.25, 0.3) is 0 Å². The molecule has 118 valence electrons. The Balaban J connectivity index is 1.68. The number of morpholine rings is 1. The van der Waals surface area contributed by atoms with Crippen molar-refractivity contribution in [2.45, 2.75) is 45.9 Å². The Morgan fingerprint density at radius 2 is 1.82 bits per heavy atom. The fraction of sp³-hybridized carbons (Fsp3) is 0.529. The molecule has 2 aromatic rings. The van der Waals surface area contributed by atoms with Gasteiger partial charge in [0.2, 0.25) is 11.7 Å². The van der Waals surface area contributed by atoms with E-state index in [0.29, 0.717) is 18.3 Å². The van der Waals surface area contributed by atoms with Gasteiger partial charge in [-0.25, -0.2) is 0 Å². The van der Waals surface area contributed by atoms with Crippen LogP contribution in [0.2, 0.25) is 0 Å². The summed E-state index contributed by atoms with van der Waals surface area (Å²) in [6, 6.07) is 8.31. The molecule has 0 amide bonds. The number of rotatable bonds is 4. The smallest absolute Gasteiger partial charge is 0.241 e. The van der Waals surface area contributed by atoms with Crippen LogP contribution in [-0.4, -0.2) is 40.3 Å². The van der Waals surface area contributed by atoms with Crippen molar-refractivity contribution in [2.24, 2.45) is 0 Å². The summed E-state index contributed by atoms with van der Waals surface area (Å²) >= 11 is 0. The van der Waals surface area contributed by atoms with E-state index < -0.39 is 0 Å². The van der Waals surface area contributed by atoms with Gasteiger partial charge in [-0.2, -0.15) is 4.98 Å². The third kappa shape index (κ3) is 3.54. The van der Waals surface area contributed by atoms with Crippen LogP contribution in [0.1, 0.15) is 32.2 Å². The molecule has 0 saturated carbocycles. The zero-order valence-electron chi connectivity index (χ0n) is 13.5. The number of ether oxygens (including phenoxy) is 1. The molecule has 0 spiro atoms. The van der Waals surface area contributed by atoms with Gasteiger partial charge in [0.1, 0.15) is 0 Å². The Morgan fingerprint density at radius 1 is 1.14 bits per heavy atom. The highest BCUT2D eigenvalue weighted by Gasteiger charge is 2.23. The van der Waals surface area contributed by atoms with Gasteiger partial charge in [-0.3, -0.25) is 4.90 Å². The first kappa shape index (κ1) is 15.2. The number of hydrogen-bond donors (Lipinski definition) is 0. The van der Waals surface area contributed by atoms with Gasteiger partial charge in [-0.15, -0.1) is 0 Å². The molecule has 1 aromatic heterocycles. The van der Waals surface area contributed by atoms with Crippen LogP contribution in [0, 0.1) is 0 Å².